The largest absolute Gasteiger partial charge is 0.508 e. The minimum absolute atomic E-state index is 0.0208. The van der Waals surface area contributed by atoms with Crippen molar-refractivity contribution < 1.29 is 129 Å². The Kier molecular flexibility index (Phi) is 87.7. The fourth-order valence-corrected chi connectivity index (χ4v) is 5.71. The van der Waals surface area contributed by atoms with Gasteiger partial charge in [0.2, 0.25) is 0 Å². The predicted molar refractivity (Wildman–Crippen MR) is 408 cm³/mol. The molecule has 638 valence electrons. The molecule has 0 amide bonds. The van der Waals surface area contributed by atoms with Crippen molar-refractivity contribution in [2.75, 3.05) is 19.6 Å². The van der Waals surface area contributed by atoms with E-state index in [-0.39, 0.29) is 35.6 Å². The van der Waals surface area contributed by atoms with E-state index in [9.17, 15) is 57.5 Å². The van der Waals surface area contributed by atoms with E-state index in [4.69, 9.17) is 157 Å². The van der Waals surface area contributed by atoms with Gasteiger partial charge in [-0.15, -0.1) is 0 Å². The highest BCUT2D eigenvalue weighted by atomic mass is 16.4. The number of phenolic OH excluding ortho intramolecular Hbond substituents is 1. The fourth-order valence-electron chi connectivity index (χ4n) is 5.71. The monoisotopic (exact) mass is 1570 g/mol. The van der Waals surface area contributed by atoms with Crippen LogP contribution >= 0.6 is 0 Å². The van der Waals surface area contributed by atoms with Crippen LogP contribution in [0.4, 0.5) is 0 Å². The van der Waals surface area contributed by atoms with Crippen LogP contribution in [0.2, 0.25) is 0 Å². The number of carboxylic acids is 12. The molecule has 0 saturated heterocycles. The van der Waals surface area contributed by atoms with E-state index >= 15 is 0 Å². The van der Waals surface area contributed by atoms with E-state index in [1.165, 1.54) is 25.1 Å². The maximum atomic E-state index is 10.4. The van der Waals surface area contributed by atoms with Crippen molar-refractivity contribution in [1.29, 1.82) is 0 Å². The summed E-state index contributed by atoms with van der Waals surface area (Å²) < 4.78 is 0. The molecule has 0 aliphatic rings. The number of hydrogen-bond donors (Lipinski definition) is 29. The molecular weight excluding hydrogens is 1430 g/mol. The van der Waals surface area contributed by atoms with Crippen LogP contribution in [0.5, 0.6) is 5.75 Å². The summed E-state index contributed by atoms with van der Waals surface area (Å²) in [5, 5.41) is 117. The molecule has 1 aromatic carbocycles. The van der Waals surface area contributed by atoms with Crippen molar-refractivity contribution in [2.45, 2.75) is 247 Å². The molecule has 0 aliphatic carbocycles. The lowest BCUT2D eigenvalue weighted by Gasteiger charge is -2.07. The number of rotatable bonds is 35. The van der Waals surface area contributed by atoms with Crippen LogP contribution < -0.4 is 86.0 Å². The van der Waals surface area contributed by atoms with Crippen LogP contribution in [0.1, 0.15) is 173 Å². The van der Waals surface area contributed by atoms with Crippen molar-refractivity contribution in [3.8, 4) is 5.75 Å². The Balaban J connectivity index is -0.000000106. The number of aromatic hydroxyl groups is 1. The summed E-state index contributed by atoms with van der Waals surface area (Å²) >= 11 is 0. The Morgan fingerprint density at radius 3 is 0.676 bits per heavy atom. The van der Waals surface area contributed by atoms with Crippen molar-refractivity contribution in [2.24, 2.45) is 122 Å². The molecule has 0 bridgehead atoms. The van der Waals surface area contributed by atoms with Gasteiger partial charge in [0.1, 0.15) is 77.9 Å². The summed E-state index contributed by atoms with van der Waals surface area (Å²) in [6.45, 7) is 27.0. The zero-order valence-electron chi connectivity index (χ0n) is 65.2. The molecule has 108 heavy (non-hydrogen) atoms. The second kappa shape index (κ2) is 76.8. The quantitative estimate of drug-likeness (QED) is 0.0279. The molecule has 0 fully saturated rings. The van der Waals surface area contributed by atoms with Gasteiger partial charge in [-0.1, -0.05) is 114 Å². The molecule has 44 N–H and O–H groups in total. The maximum absolute atomic E-state index is 10.4. The average Bonchev–Trinajstić information content (AvgIpc) is 0.907. The van der Waals surface area contributed by atoms with Crippen LogP contribution in [-0.2, 0) is 64.0 Å². The number of allylic oxidation sites excluding steroid dienone is 1. The Bertz CT molecular complexity index is 2390. The van der Waals surface area contributed by atoms with Gasteiger partial charge >= 0.3 is 71.6 Å². The molecule has 0 unspecified atom stereocenters. The number of carboxylic acid groups (broad SMARTS) is 12. The van der Waals surface area contributed by atoms with Crippen LogP contribution in [0.25, 0.3) is 0 Å². The number of carbonyl (C=O) groups is 12. The van der Waals surface area contributed by atoms with Gasteiger partial charge in [0, 0.05) is 0 Å². The summed E-state index contributed by atoms with van der Waals surface area (Å²) in [7, 11) is 0. The molecule has 0 spiro atoms. The molecule has 41 nitrogen and oxygen atoms in total. The highest BCUT2D eigenvalue weighted by Gasteiger charge is 2.20. The van der Waals surface area contributed by atoms with Gasteiger partial charge < -0.3 is 157 Å². The molecule has 1 aromatic rings. The van der Waals surface area contributed by atoms with E-state index in [1.54, 1.807) is 60.6 Å². The second-order valence-electron chi connectivity index (χ2n) is 25.9. The molecular formula is C67H139N15O26. The van der Waals surface area contributed by atoms with Crippen LogP contribution in [0.3, 0.4) is 0 Å². The first kappa shape index (κ1) is 123. The molecule has 0 aliphatic heterocycles. The molecule has 12 atom stereocenters. The number of unbranched alkanes of at least 4 members (excludes halogenated alkanes) is 2. The Morgan fingerprint density at radius 2 is 0.556 bits per heavy atom. The smallest absolute Gasteiger partial charge is 0.351 e. The summed E-state index contributed by atoms with van der Waals surface area (Å²) in [4.78, 5) is 121. The van der Waals surface area contributed by atoms with Gasteiger partial charge in [0.05, 0.1) is 6.10 Å². The molecule has 0 radical (unpaired) electrons. The van der Waals surface area contributed by atoms with Crippen molar-refractivity contribution in [3.63, 3.8) is 0 Å². The highest BCUT2D eigenvalue weighted by Crippen LogP contribution is 2.11. The predicted octanol–water partition coefficient (Wildman–Crippen LogP) is -1.25. The molecule has 0 heterocycles. The summed E-state index contributed by atoms with van der Waals surface area (Å²) in [6, 6.07) is -2.12. The lowest BCUT2D eigenvalue weighted by Crippen LogP contribution is -2.39. The second-order valence-corrected chi connectivity index (χ2v) is 25.9. The third kappa shape index (κ3) is 95.6. The first-order chi connectivity index (χ1) is 49.1. The van der Waals surface area contributed by atoms with Gasteiger partial charge in [-0.2, -0.15) is 0 Å². The Hall–Kier alpha value is -8.40. The third-order valence-electron chi connectivity index (χ3n) is 12.8. The van der Waals surface area contributed by atoms with Crippen molar-refractivity contribution >= 4 is 71.6 Å². The van der Waals surface area contributed by atoms with E-state index in [0.29, 0.717) is 82.3 Å². The van der Waals surface area contributed by atoms with Crippen molar-refractivity contribution in [3.05, 3.63) is 41.6 Å². The summed E-state index contributed by atoms with van der Waals surface area (Å²) in [6.07, 6.45) is 7.75. The van der Waals surface area contributed by atoms with Gasteiger partial charge in [-0.05, 0) is 151 Å². The fraction of sp³-hybridized carbons (Fsp3) is 0.701. The number of aliphatic hydroxyl groups excluding tert-OH is 1. The first-order valence-electron chi connectivity index (χ1n) is 34.2. The number of aliphatic hydroxyl groups is 1. The number of nitrogens with two attached hydrogens (primary N) is 15. The number of aliphatic carboxylic acids is 12. The maximum Gasteiger partial charge on any atom is 0.351 e. The minimum Gasteiger partial charge on any atom is -0.508 e. The highest BCUT2D eigenvalue weighted by molar-refractivity contribution is 5.85. The molecule has 0 saturated carbocycles. The summed E-state index contributed by atoms with van der Waals surface area (Å²) in [5.41, 5.74) is 78.0. The summed E-state index contributed by atoms with van der Waals surface area (Å²) in [5.74, 6) is -10.3. The minimum atomic E-state index is -1.18. The Morgan fingerprint density at radius 1 is 0.333 bits per heavy atom. The van der Waals surface area contributed by atoms with E-state index < -0.39 is 144 Å². The topological polar surface area (TPSA) is 878 Å². The van der Waals surface area contributed by atoms with Gasteiger partial charge in [-0.25, -0.2) is 4.79 Å². The molecule has 0 aromatic heterocycles. The van der Waals surface area contributed by atoms with Crippen LogP contribution in [0, 0.1) is 35.5 Å². The van der Waals surface area contributed by atoms with Crippen LogP contribution in [0.15, 0.2) is 36.0 Å². The van der Waals surface area contributed by atoms with E-state index in [2.05, 4.69) is 0 Å². The Labute approximate surface area is 633 Å². The van der Waals surface area contributed by atoms with E-state index in [0.717, 1.165) is 31.2 Å². The van der Waals surface area contributed by atoms with Gasteiger partial charge in [-0.3, -0.25) is 52.7 Å². The lowest BCUT2D eigenvalue weighted by atomic mass is 10.1. The SMILES string of the molecule is CC(C)C[C@H](N)C(=O)O.CC(C)C[C@H](N)C(=O)O.CC(C)C[C@H](N)C(=O)O.CC(C)[C@H](N)C(=O)O.CC(C)[C@H](N)C(=O)O.CC(C)[C@H](N)C(=O)O.CC=C(N)C(=O)O.C[C@@H](O)[C@H](N)C(=O)O.NCCCC[C@H](N)C(=O)O.NCCCC[C@H](N)C(=O)O.NCCC[C@H](N)C(=O)O.N[C@@H](Cc1ccc(O)cc1)C(=O)O. The molecule has 41 heteroatoms. The normalized spacial score (nSPS) is 13.6. The molecule has 1 rings (SSSR count). The van der Waals surface area contributed by atoms with Gasteiger partial charge in [0.25, 0.3) is 0 Å². The van der Waals surface area contributed by atoms with Crippen LogP contribution in [-0.4, -0.2) is 235 Å². The lowest BCUT2D eigenvalue weighted by molar-refractivity contribution is -0.141. The zero-order chi connectivity index (χ0) is 88.2. The number of benzene rings is 1. The first-order valence-corrected chi connectivity index (χ1v) is 34.2. The van der Waals surface area contributed by atoms with Gasteiger partial charge in [0.15, 0.2) is 0 Å². The third-order valence-corrected chi connectivity index (χ3v) is 12.8. The number of phenols is 1. The standard InChI is InChI=1S/C9H11NO3.2C6H14N2O2.3C6H13NO2.C5H12N2O2.3C5H11NO2.C4H9NO3.C4H7NO2/c10-8(9(12)13)5-6-1-3-7(11)4-2-6;2*7-4-2-1-3-5(8)6(9)10;3*1-4(2)3-5(7)6(8)9;6-3-1-2-4(7)5(8)9;3*1-3(2)4(6)5(7)8;1-2(6)3(5)4(7)8;1-2-3(5)4(6)7/h1-4,8,11H,5,10H2,(H,12,13);2*5H,1-4,7-8H2,(H,9,10);3*4-5H,3,7H2,1-2H3,(H,8,9);4H,1-3,6-7H2,(H,8,9);3*3-4H,6H2,1-2H3,(H,7,8);2-3,6H,5H2,1H3,(H,7,8);2H,5H2,1H3,(H,6,7)/t8-;5*5-;4*4-;2-,3+;/m00000000001./s1. The average molecular weight is 1570 g/mol. The van der Waals surface area contributed by atoms with E-state index in [1.807, 2.05) is 41.5 Å². The zero-order valence-corrected chi connectivity index (χ0v) is 65.2. The van der Waals surface area contributed by atoms with Crippen molar-refractivity contribution in [1.82, 2.24) is 0 Å². The number of hydrogen-bond acceptors (Lipinski definition) is 29.